The maximum atomic E-state index is 4.93. The molecule has 0 nitrogen and oxygen atoms in total. The molecule has 2 radical (unpaired) electrons. The van der Waals surface area contributed by atoms with Gasteiger partial charge in [0.2, 0.25) is 0 Å². The number of unbranched alkanes of at least 4 members (excludes halogenated alkanes) is 2. The molecule has 0 spiro atoms. The van der Waals surface area contributed by atoms with E-state index in [9.17, 15) is 0 Å². The van der Waals surface area contributed by atoms with Crippen LogP contribution >= 0.6 is 17.0 Å². The number of hydrogen-bond donors (Lipinski definition) is 0. The predicted molar refractivity (Wildman–Crippen MR) is 319 cm³/mol. The normalized spacial score (nSPS) is 12.3. The van der Waals surface area contributed by atoms with E-state index in [0.29, 0.717) is 0 Å². The zero-order valence-electron chi connectivity index (χ0n) is 46.6. The summed E-state index contributed by atoms with van der Waals surface area (Å²) in [6.07, 6.45) is 7.38. The summed E-state index contributed by atoms with van der Waals surface area (Å²) in [5.41, 5.74) is 20.2. The van der Waals surface area contributed by atoms with Crippen LogP contribution < -0.4 is 10.4 Å². The largest absolute Gasteiger partial charge is 0.184 e. The van der Waals surface area contributed by atoms with Crippen LogP contribution in [0.25, 0.3) is 54.9 Å². The van der Waals surface area contributed by atoms with Gasteiger partial charge in [0.1, 0.15) is 0 Å². The Bertz CT molecular complexity index is 2800. The number of benzene rings is 6. The first kappa shape index (κ1) is 57.5. The zero-order valence-corrected chi connectivity index (χ0v) is 51.6. The second-order valence-electron chi connectivity index (χ2n) is 24.3. The molecular weight excluding hydrogens is 1010 g/mol. The minimum atomic E-state index is -0.826. The van der Waals surface area contributed by atoms with Crippen LogP contribution in [-0.2, 0) is 55.3 Å². The molecule has 0 fully saturated rings. The van der Waals surface area contributed by atoms with Crippen LogP contribution in [0.4, 0.5) is 0 Å². The molecular formula is C68H81Cl2SiZr-3. The minimum absolute atomic E-state index is 0.135. The van der Waals surface area contributed by atoms with Gasteiger partial charge in [0.05, 0.1) is 9.52 Å². The second kappa shape index (κ2) is 24.3. The summed E-state index contributed by atoms with van der Waals surface area (Å²) in [5.74, 6) is 0. The van der Waals surface area contributed by atoms with Crippen molar-refractivity contribution in [3.63, 3.8) is 0 Å². The van der Waals surface area contributed by atoms with Gasteiger partial charge in [-0.15, -0.1) is 74.6 Å². The van der Waals surface area contributed by atoms with Gasteiger partial charge < -0.3 is 0 Å². The van der Waals surface area contributed by atoms with Crippen molar-refractivity contribution in [2.75, 3.05) is 0 Å². The fourth-order valence-corrected chi connectivity index (χ4v) is 11.0. The van der Waals surface area contributed by atoms with E-state index < -0.39 is 20.8 Å². The standard InChI is InChI=1S/2C28H37.C12H7Si.2ClH.Zr/c2*1-9-10-11-20-14-21-13-12-19(2)26(25(21)15-20)22-16-23(27(3,4)5)18-24(17-22)28(6,7)8;1-3-7-11-9(5-1)10-6-2-4-8-12(10)13-11;;;/h2*12-18H,9-11H2,1-8H3;1-7H;2*1H;/q3*-1;;;+2/p-2. The summed E-state index contributed by atoms with van der Waals surface area (Å²) >= 11 is -0.826. The molecule has 0 amide bonds. The third-order valence-electron chi connectivity index (χ3n) is 14.2. The molecule has 72 heavy (non-hydrogen) atoms. The van der Waals surface area contributed by atoms with E-state index in [4.69, 9.17) is 17.0 Å². The van der Waals surface area contributed by atoms with Crippen molar-refractivity contribution in [3.05, 3.63) is 178 Å². The first-order valence-electron chi connectivity index (χ1n) is 26.4. The topological polar surface area (TPSA) is 0 Å². The molecule has 9 rings (SSSR count). The van der Waals surface area contributed by atoms with E-state index in [1.807, 2.05) is 6.07 Å². The Morgan fingerprint density at radius 1 is 0.500 bits per heavy atom. The monoisotopic (exact) mass is 1090 g/mol. The van der Waals surface area contributed by atoms with E-state index in [1.165, 1.54) is 148 Å². The van der Waals surface area contributed by atoms with E-state index in [2.05, 4.69) is 238 Å². The first-order valence-corrected chi connectivity index (χ1v) is 33.7. The maximum absolute atomic E-state index is 4.93. The van der Waals surface area contributed by atoms with Gasteiger partial charge >= 0.3 is 37.9 Å². The molecule has 0 saturated carbocycles. The molecule has 378 valence electrons. The molecule has 0 aliphatic carbocycles. The molecule has 0 atom stereocenters. The van der Waals surface area contributed by atoms with Gasteiger partial charge in [-0.05, 0) is 81.7 Å². The molecule has 8 aromatic carbocycles. The third kappa shape index (κ3) is 14.3. The SMILES string of the molecule is CCCCc1cc2c(-c3cc(C(C)(C)C)cc(C(C)(C)C)c3)c(C)ccc2[cH-]1.CCCCc1cc2c(-c3cc(C(C)(C)C)cc(C(C)(C)C)c3)c(C)ccc2[cH-]1.[Cl][Zr][Cl].[c-]1cccc2c1[Si]c1ccccc1-2. The Morgan fingerprint density at radius 3 is 1.28 bits per heavy atom. The van der Waals surface area contributed by atoms with Crippen molar-refractivity contribution in [3.8, 4) is 33.4 Å². The number of aryl methyl sites for hydroxylation is 4. The molecule has 4 heteroatoms. The Kier molecular flexibility index (Phi) is 19.4. The van der Waals surface area contributed by atoms with E-state index in [0.717, 1.165) is 9.52 Å². The number of halogens is 2. The van der Waals surface area contributed by atoms with Crippen LogP contribution in [0.3, 0.4) is 0 Å². The van der Waals surface area contributed by atoms with Crippen LogP contribution in [0.1, 0.15) is 167 Å². The van der Waals surface area contributed by atoms with E-state index in [-0.39, 0.29) is 21.7 Å². The number of fused-ring (bicyclic) bond motifs is 5. The molecule has 0 unspecified atom stereocenters. The van der Waals surface area contributed by atoms with E-state index >= 15 is 0 Å². The fraction of sp³-hybridized carbons (Fsp3) is 0.382. The van der Waals surface area contributed by atoms with Crippen molar-refractivity contribution >= 4 is 58.5 Å². The van der Waals surface area contributed by atoms with Crippen LogP contribution in [0, 0.1) is 19.9 Å². The summed E-state index contributed by atoms with van der Waals surface area (Å²) in [4.78, 5) is 0. The average Bonchev–Trinajstić information content (AvgIpc) is 4.04. The van der Waals surface area contributed by atoms with Gasteiger partial charge in [-0.1, -0.05) is 216 Å². The Labute approximate surface area is 458 Å². The average molecular weight is 1090 g/mol. The van der Waals surface area contributed by atoms with Crippen LogP contribution in [0.5, 0.6) is 0 Å². The molecule has 0 aromatic heterocycles. The van der Waals surface area contributed by atoms with Crippen LogP contribution in [0.15, 0.2) is 127 Å². The van der Waals surface area contributed by atoms with E-state index in [1.54, 1.807) is 0 Å². The molecule has 0 bridgehead atoms. The summed E-state index contributed by atoms with van der Waals surface area (Å²) in [6, 6.07) is 51.5. The summed E-state index contributed by atoms with van der Waals surface area (Å²) in [5, 5.41) is 8.41. The van der Waals surface area contributed by atoms with Gasteiger partial charge in [-0.25, -0.2) is 0 Å². The summed E-state index contributed by atoms with van der Waals surface area (Å²) in [6.45, 7) is 36.9. The zero-order chi connectivity index (χ0) is 52.8. The third-order valence-corrected chi connectivity index (χ3v) is 15.6. The van der Waals surface area contributed by atoms with Gasteiger partial charge in [0.25, 0.3) is 0 Å². The maximum Gasteiger partial charge on any atom is 0.0920 e. The van der Waals surface area contributed by atoms with Gasteiger partial charge in [-0.2, -0.15) is 41.6 Å². The molecule has 1 heterocycles. The Hall–Kier alpha value is -3.78. The Balaban J connectivity index is 0.000000181. The second-order valence-corrected chi connectivity index (χ2v) is 29.3. The molecule has 1 aliphatic rings. The number of hydrogen-bond acceptors (Lipinski definition) is 0. The van der Waals surface area contributed by atoms with Crippen LogP contribution in [0.2, 0.25) is 0 Å². The van der Waals surface area contributed by atoms with Crippen molar-refractivity contribution < 1.29 is 20.8 Å². The molecule has 0 N–H and O–H groups in total. The van der Waals surface area contributed by atoms with Crippen molar-refractivity contribution in [1.29, 1.82) is 0 Å². The molecule has 8 aromatic rings. The smallest absolute Gasteiger partial charge is 0.0920 e. The fourth-order valence-electron chi connectivity index (χ4n) is 9.72. The first-order chi connectivity index (χ1) is 33.9. The summed E-state index contributed by atoms with van der Waals surface area (Å²) in [7, 11) is 10.7. The molecule has 1 aliphatic heterocycles. The predicted octanol–water partition coefficient (Wildman–Crippen LogP) is 19.4. The van der Waals surface area contributed by atoms with Crippen molar-refractivity contribution in [1.82, 2.24) is 0 Å². The Morgan fingerprint density at radius 2 is 0.889 bits per heavy atom. The van der Waals surface area contributed by atoms with Crippen LogP contribution in [-0.4, -0.2) is 9.52 Å². The number of rotatable bonds is 8. The quantitative estimate of drug-likeness (QED) is 0.105. The van der Waals surface area contributed by atoms with Crippen molar-refractivity contribution in [2.45, 2.75) is 171 Å². The van der Waals surface area contributed by atoms with Gasteiger partial charge in [0, 0.05) is 0 Å². The molecule has 0 saturated heterocycles. The van der Waals surface area contributed by atoms with Crippen molar-refractivity contribution in [2.24, 2.45) is 0 Å². The minimum Gasteiger partial charge on any atom is -0.184 e. The summed E-state index contributed by atoms with van der Waals surface area (Å²) < 4.78 is 0. The van der Waals surface area contributed by atoms with Gasteiger partial charge in [0.15, 0.2) is 0 Å². The van der Waals surface area contributed by atoms with Gasteiger partial charge in [-0.3, -0.25) is 0 Å².